The molecule has 6 nitrogen and oxygen atoms in total. The Morgan fingerprint density at radius 2 is 2.06 bits per heavy atom. The van der Waals surface area contributed by atoms with E-state index in [9.17, 15) is 4.79 Å². The van der Waals surface area contributed by atoms with Crippen LogP contribution in [0.15, 0.2) is 58.3 Å². The number of thioether (sulfide) groups is 1. The second kappa shape index (κ2) is 10.7. The summed E-state index contributed by atoms with van der Waals surface area (Å²) in [5, 5.41) is 3.69. The fourth-order valence-corrected chi connectivity index (χ4v) is 4.70. The average molecular weight is 451 g/mol. The average Bonchev–Trinajstić information content (AvgIpc) is 3.35. The van der Waals surface area contributed by atoms with Crippen LogP contribution < -0.4 is 10.2 Å². The highest BCUT2D eigenvalue weighted by molar-refractivity contribution is 7.98. The lowest BCUT2D eigenvalue weighted by atomic mass is 10.0. The highest BCUT2D eigenvalue weighted by atomic mass is 32.2. The summed E-state index contributed by atoms with van der Waals surface area (Å²) in [4.78, 5) is 24.4. The molecule has 2 aromatic heterocycles. The van der Waals surface area contributed by atoms with Crippen molar-refractivity contribution in [3.05, 3.63) is 71.3 Å². The Labute approximate surface area is 193 Å². The molecule has 1 fully saturated rings. The number of amides is 1. The largest absolute Gasteiger partial charge is 0.467 e. The van der Waals surface area contributed by atoms with E-state index in [4.69, 9.17) is 14.4 Å². The minimum atomic E-state index is -0.111. The third-order valence-electron chi connectivity index (χ3n) is 5.79. The summed E-state index contributed by atoms with van der Waals surface area (Å²) in [7, 11) is 0. The molecule has 1 aliphatic rings. The monoisotopic (exact) mass is 450 g/mol. The van der Waals surface area contributed by atoms with Crippen LogP contribution in [0.4, 0.5) is 5.82 Å². The first-order valence-electron chi connectivity index (χ1n) is 11.3. The Morgan fingerprint density at radius 3 is 2.78 bits per heavy atom. The van der Waals surface area contributed by atoms with Crippen LogP contribution in [0, 0.1) is 0 Å². The molecule has 0 radical (unpaired) electrons. The predicted octanol–water partition coefficient (Wildman–Crippen LogP) is 5.23. The van der Waals surface area contributed by atoms with Crippen LogP contribution in [-0.4, -0.2) is 28.5 Å². The summed E-state index contributed by atoms with van der Waals surface area (Å²) < 4.78 is 5.25. The number of aromatic nitrogens is 2. The van der Waals surface area contributed by atoms with Crippen molar-refractivity contribution in [2.75, 3.05) is 11.4 Å². The van der Waals surface area contributed by atoms with E-state index in [2.05, 4.69) is 30.1 Å². The van der Waals surface area contributed by atoms with Gasteiger partial charge in [-0.05, 0) is 62.4 Å². The van der Waals surface area contributed by atoms with Crippen LogP contribution in [0.25, 0.3) is 0 Å². The molecule has 1 aliphatic heterocycles. The number of carbonyl (C=O) groups excluding carboxylic acids is 1. The molecule has 0 saturated carbocycles. The Balaban J connectivity index is 1.37. The molecular weight excluding hydrogens is 420 g/mol. The Hall–Kier alpha value is -2.80. The van der Waals surface area contributed by atoms with Gasteiger partial charge in [0.05, 0.1) is 12.8 Å². The van der Waals surface area contributed by atoms with Gasteiger partial charge in [-0.1, -0.05) is 30.8 Å². The molecule has 1 saturated heterocycles. The van der Waals surface area contributed by atoms with Gasteiger partial charge in [0.15, 0.2) is 5.16 Å². The van der Waals surface area contributed by atoms with Crippen LogP contribution in [0.2, 0.25) is 0 Å². The summed E-state index contributed by atoms with van der Waals surface area (Å²) in [5.41, 5.74) is 2.85. The fourth-order valence-electron chi connectivity index (χ4n) is 3.87. The van der Waals surface area contributed by atoms with E-state index in [-0.39, 0.29) is 5.91 Å². The van der Waals surface area contributed by atoms with Crippen LogP contribution in [0.5, 0.6) is 0 Å². The van der Waals surface area contributed by atoms with Crippen molar-refractivity contribution in [2.45, 2.75) is 63.0 Å². The van der Waals surface area contributed by atoms with Gasteiger partial charge in [0.2, 0.25) is 0 Å². The lowest BCUT2D eigenvalue weighted by Gasteiger charge is -2.34. The molecule has 0 spiro atoms. The van der Waals surface area contributed by atoms with Crippen LogP contribution >= 0.6 is 11.8 Å². The molecule has 0 aliphatic carbocycles. The van der Waals surface area contributed by atoms with Crippen molar-refractivity contribution >= 4 is 23.5 Å². The number of hydrogen-bond acceptors (Lipinski definition) is 6. The molecule has 4 rings (SSSR count). The fraction of sp³-hybridized carbons (Fsp3) is 0.400. The van der Waals surface area contributed by atoms with Crippen molar-refractivity contribution in [3.8, 4) is 0 Å². The van der Waals surface area contributed by atoms with Gasteiger partial charge < -0.3 is 14.6 Å². The summed E-state index contributed by atoms with van der Waals surface area (Å²) in [6.45, 7) is 5.86. The SMILES string of the molecule is CCc1cc(N2CCCCC2C)nc(SCc2ccc(C(=O)NCc3ccco3)cc2)n1. The number of nitrogens with zero attached hydrogens (tertiary/aromatic N) is 3. The lowest BCUT2D eigenvalue weighted by Crippen LogP contribution is -2.38. The Morgan fingerprint density at radius 1 is 1.22 bits per heavy atom. The van der Waals surface area contributed by atoms with Crippen molar-refractivity contribution < 1.29 is 9.21 Å². The maximum absolute atomic E-state index is 12.3. The van der Waals surface area contributed by atoms with E-state index in [1.807, 2.05) is 36.4 Å². The summed E-state index contributed by atoms with van der Waals surface area (Å²) in [6, 6.07) is 14.0. The molecule has 1 N–H and O–H groups in total. The standard InChI is InChI=1S/C25H30N4O2S/c1-3-21-15-23(29-13-5-4-7-18(29)2)28-25(27-21)32-17-19-9-11-20(12-10-19)24(30)26-16-22-8-6-14-31-22/h6,8-12,14-15,18H,3-5,7,13,16-17H2,1-2H3,(H,26,30). The minimum absolute atomic E-state index is 0.111. The van der Waals surface area contributed by atoms with Gasteiger partial charge in [-0.15, -0.1) is 0 Å². The van der Waals surface area contributed by atoms with Crippen LogP contribution in [0.1, 0.15) is 60.5 Å². The molecule has 0 bridgehead atoms. The first kappa shape index (κ1) is 22.4. The quantitative estimate of drug-likeness (QED) is 0.374. The second-order valence-electron chi connectivity index (χ2n) is 8.14. The van der Waals surface area contributed by atoms with Gasteiger partial charge in [-0.3, -0.25) is 4.79 Å². The molecule has 168 valence electrons. The smallest absolute Gasteiger partial charge is 0.251 e. The number of rotatable bonds is 8. The zero-order chi connectivity index (χ0) is 22.3. The molecular formula is C25H30N4O2S. The van der Waals surface area contributed by atoms with Gasteiger partial charge >= 0.3 is 0 Å². The first-order chi connectivity index (χ1) is 15.6. The number of benzene rings is 1. The molecule has 1 unspecified atom stereocenters. The van der Waals surface area contributed by atoms with E-state index in [0.717, 1.165) is 46.7 Å². The lowest BCUT2D eigenvalue weighted by molar-refractivity contribution is 0.0948. The minimum Gasteiger partial charge on any atom is -0.467 e. The molecule has 32 heavy (non-hydrogen) atoms. The highest BCUT2D eigenvalue weighted by Gasteiger charge is 2.21. The summed E-state index contributed by atoms with van der Waals surface area (Å²) in [6.07, 6.45) is 6.23. The normalized spacial score (nSPS) is 16.2. The molecule has 1 amide bonds. The van der Waals surface area contributed by atoms with E-state index >= 15 is 0 Å². The van der Waals surface area contributed by atoms with Crippen molar-refractivity contribution in [3.63, 3.8) is 0 Å². The molecule has 3 aromatic rings. The van der Waals surface area contributed by atoms with Crippen molar-refractivity contribution in [2.24, 2.45) is 0 Å². The van der Waals surface area contributed by atoms with E-state index in [1.165, 1.54) is 19.3 Å². The van der Waals surface area contributed by atoms with Gasteiger partial charge in [0.1, 0.15) is 11.6 Å². The van der Waals surface area contributed by atoms with Crippen LogP contribution in [0.3, 0.4) is 0 Å². The third kappa shape index (κ3) is 5.71. The van der Waals surface area contributed by atoms with Gasteiger partial charge in [-0.25, -0.2) is 9.97 Å². The van der Waals surface area contributed by atoms with Crippen molar-refractivity contribution in [1.82, 2.24) is 15.3 Å². The number of piperidine rings is 1. The Bertz CT molecular complexity index is 1020. The van der Waals surface area contributed by atoms with Crippen molar-refractivity contribution in [1.29, 1.82) is 0 Å². The zero-order valence-electron chi connectivity index (χ0n) is 18.7. The third-order valence-corrected chi connectivity index (χ3v) is 6.71. The van der Waals surface area contributed by atoms with E-state index in [0.29, 0.717) is 18.2 Å². The number of aryl methyl sites for hydroxylation is 1. The van der Waals surface area contributed by atoms with Gasteiger partial charge in [-0.2, -0.15) is 0 Å². The molecule has 1 aromatic carbocycles. The number of carbonyl (C=O) groups is 1. The number of hydrogen-bond donors (Lipinski definition) is 1. The van der Waals surface area contributed by atoms with E-state index < -0.39 is 0 Å². The van der Waals surface area contributed by atoms with Crippen LogP contribution in [-0.2, 0) is 18.7 Å². The number of anilines is 1. The number of nitrogens with one attached hydrogen (secondary N) is 1. The predicted molar refractivity (Wildman–Crippen MR) is 128 cm³/mol. The zero-order valence-corrected chi connectivity index (χ0v) is 19.5. The van der Waals surface area contributed by atoms with Gasteiger partial charge in [0.25, 0.3) is 5.91 Å². The van der Waals surface area contributed by atoms with E-state index in [1.54, 1.807) is 18.0 Å². The number of furan rings is 1. The summed E-state index contributed by atoms with van der Waals surface area (Å²) >= 11 is 1.64. The first-order valence-corrected chi connectivity index (χ1v) is 12.3. The second-order valence-corrected chi connectivity index (χ2v) is 9.08. The maximum atomic E-state index is 12.3. The molecule has 1 atom stereocenters. The Kier molecular flexibility index (Phi) is 7.47. The molecule has 3 heterocycles. The maximum Gasteiger partial charge on any atom is 0.251 e. The molecule has 7 heteroatoms. The topological polar surface area (TPSA) is 71.3 Å². The summed E-state index contributed by atoms with van der Waals surface area (Å²) in [5.74, 6) is 2.44. The highest BCUT2D eigenvalue weighted by Crippen LogP contribution is 2.27. The van der Waals surface area contributed by atoms with Gasteiger partial charge in [0, 0.05) is 35.7 Å².